The van der Waals surface area contributed by atoms with Crippen LogP contribution < -0.4 is 0 Å². The molecule has 1 unspecified atom stereocenters. The van der Waals surface area contributed by atoms with Crippen molar-refractivity contribution < 1.29 is 9.50 Å². The fourth-order valence-electron chi connectivity index (χ4n) is 1.90. The quantitative estimate of drug-likeness (QED) is 0.732. The third-order valence-corrected chi connectivity index (χ3v) is 4.43. The molecule has 4 heteroatoms. The van der Waals surface area contributed by atoms with Crippen molar-refractivity contribution in [2.75, 3.05) is 0 Å². The maximum absolute atomic E-state index is 13.1. The van der Waals surface area contributed by atoms with Gasteiger partial charge < -0.3 is 5.11 Å². The molecule has 0 aromatic heterocycles. The summed E-state index contributed by atoms with van der Waals surface area (Å²) in [6.45, 7) is 3.94. The van der Waals surface area contributed by atoms with Gasteiger partial charge >= 0.3 is 0 Å². The van der Waals surface area contributed by atoms with Crippen LogP contribution in [0.15, 0.2) is 30.3 Å². The molecule has 0 saturated heterocycles. The average Bonchev–Trinajstić information content (AvgIpc) is 2.33. The number of benzene rings is 2. The van der Waals surface area contributed by atoms with Crippen molar-refractivity contribution in [2.24, 2.45) is 0 Å². The van der Waals surface area contributed by atoms with E-state index in [1.165, 1.54) is 12.1 Å². The van der Waals surface area contributed by atoms with Crippen molar-refractivity contribution in [3.05, 3.63) is 67.0 Å². The summed E-state index contributed by atoms with van der Waals surface area (Å²) in [4.78, 5) is 0. The van der Waals surface area contributed by atoms with Crippen LogP contribution >= 0.6 is 34.2 Å². The predicted molar refractivity (Wildman–Crippen MR) is 84.1 cm³/mol. The molecule has 0 aliphatic carbocycles. The maximum Gasteiger partial charge on any atom is 0.124 e. The van der Waals surface area contributed by atoms with Gasteiger partial charge in [-0.05, 0) is 71.3 Å². The zero-order valence-corrected chi connectivity index (χ0v) is 13.5. The Morgan fingerprint density at radius 3 is 2.37 bits per heavy atom. The lowest BCUT2D eigenvalue weighted by Crippen LogP contribution is -2.04. The van der Waals surface area contributed by atoms with Gasteiger partial charge in [-0.1, -0.05) is 23.7 Å². The highest BCUT2D eigenvalue weighted by molar-refractivity contribution is 14.1. The molecule has 0 saturated carbocycles. The Bertz CT molecular complexity index is 628. The number of halogens is 3. The molecule has 2 aromatic carbocycles. The van der Waals surface area contributed by atoms with Crippen molar-refractivity contribution in [3.8, 4) is 0 Å². The van der Waals surface area contributed by atoms with Crippen LogP contribution in [0.1, 0.15) is 28.4 Å². The summed E-state index contributed by atoms with van der Waals surface area (Å²) in [7, 11) is 0. The average molecular weight is 391 g/mol. The second-order valence-corrected chi connectivity index (χ2v) is 6.10. The van der Waals surface area contributed by atoms with Gasteiger partial charge in [0.2, 0.25) is 0 Å². The van der Waals surface area contributed by atoms with Gasteiger partial charge in [0.05, 0.1) is 0 Å². The fraction of sp³-hybridized carbons (Fsp3) is 0.200. The van der Waals surface area contributed by atoms with Crippen LogP contribution in [0, 0.1) is 23.2 Å². The Kier molecular flexibility index (Phi) is 4.48. The van der Waals surface area contributed by atoms with E-state index in [0.717, 1.165) is 11.1 Å². The van der Waals surface area contributed by atoms with Crippen LogP contribution in [-0.4, -0.2) is 5.11 Å². The normalized spacial score (nSPS) is 12.5. The van der Waals surface area contributed by atoms with E-state index in [4.69, 9.17) is 11.6 Å². The zero-order valence-electron chi connectivity index (χ0n) is 10.5. The molecule has 1 atom stereocenters. The minimum atomic E-state index is -0.848. The number of rotatable bonds is 2. The molecule has 0 radical (unpaired) electrons. The Hall–Kier alpha value is -0.650. The topological polar surface area (TPSA) is 20.2 Å². The van der Waals surface area contributed by atoms with Crippen LogP contribution in [0.25, 0.3) is 0 Å². The molecule has 0 heterocycles. The standard InChI is InChI=1S/C15H13ClFIO/c1-8-5-12(13(16)6-9(8)2)15(19)11-4-3-10(17)7-14(11)18/h3-7,15,19H,1-2H3. The lowest BCUT2D eigenvalue weighted by molar-refractivity contribution is 0.219. The van der Waals surface area contributed by atoms with Crippen molar-refractivity contribution in [2.45, 2.75) is 20.0 Å². The summed E-state index contributed by atoms with van der Waals surface area (Å²) < 4.78 is 13.8. The van der Waals surface area contributed by atoms with E-state index >= 15 is 0 Å². The number of aliphatic hydroxyl groups excluding tert-OH is 1. The van der Waals surface area contributed by atoms with Crippen LogP contribution in [-0.2, 0) is 0 Å². The molecule has 2 aromatic rings. The molecule has 2 rings (SSSR count). The van der Waals surface area contributed by atoms with Gasteiger partial charge in [-0.2, -0.15) is 0 Å². The molecule has 0 aliphatic rings. The second-order valence-electron chi connectivity index (χ2n) is 4.53. The summed E-state index contributed by atoms with van der Waals surface area (Å²) in [5.74, 6) is -0.313. The first-order valence-electron chi connectivity index (χ1n) is 5.80. The summed E-state index contributed by atoms with van der Waals surface area (Å²) in [6, 6.07) is 8.05. The molecule has 0 fully saturated rings. The Balaban J connectivity index is 2.49. The maximum atomic E-state index is 13.1. The molecule has 19 heavy (non-hydrogen) atoms. The molecule has 100 valence electrons. The third-order valence-electron chi connectivity index (χ3n) is 3.16. The van der Waals surface area contributed by atoms with E-state index in [0.29, 0.717) is 19.7 Å². The van der Waals surface area contributed by atoms with Gasteiger partial charge in [0.15, 0.2) is 0 Å². The first-order chi connectivity index (χ1) is 8.90. The largest absolute Gasteiger partial charge is 0.384 e. The molecular formula is C15H13ClFIO. The van der Waals surface area contributed by atoms with E-state index in [-0.39, 0.29) is 5.82 Å². The Morgan fingerprint density at radius 2 is 1.74 bits per heavy atom. The monoisotopic (exact) mass is 390 g/mol. The Labute approximate surface area is 130 Å². The van der Waals surface area contributed by atoms with Crippen LogP contribution in [0.3, 0.4) is 0 Å². The predicted octanol–water partition coefficient (Wildman–Crippen LogP) is 4.78. The van der Waals surface area contributed by atoms with E-state index in [1.807, 2.05) is 48.6 Å². The van der Waals surface area contributed by atoms with E-state index in [2.05, 4.69) is 0 Å². The van der Waals surface area contributed by atoms with E-state index in [9.17, 15) is 9.50 Å². The van der Waals surface area contributed by atoms with Gasteiger partial charge in [-0.25, -0.2) is 4.39 Å². The van der Waals surface area contributed by atoms with Crippen LogP contribution in [0.2, 0.25) is 5.02 Å². The first-order valence-corrected chi connectivity index (χ1v) is 7.25. The molecule has 0 aliphatic heterocycles. The SMILES string of the molecule is Cc1cc(Cl)c(C(O)c2ccc(F)cc2I)cc1C. The number of aryl methyl sites for hydroxylation is 2. The van der Waals surface area contributed by atoms with E-state index in [1.54, 1.807) is 6.07 Å². The smallest absolute Gasteiger partial charge is 0.124 e. The molecule has 0 spiro atoms. The van der Waals surface area contributed by atoms with Gasteiger partial charge in [0.1, 0.15) is 11.9 Å². The zero-order chi connectivity index (χ0) is 14.2. The molecule has 0 bridgehead atoms. The summed E-state index contributed by atoms with van der Waals surface area (Å²) in [6.07, 6.45) is -0.848. The lowest BCUT2D eigenvalue weighted by Gasteiger charge is -2.16. The summed E-state index contributed by atoms with van der Waals surface area (Å²) in [5, 5.41) is 11.0. The minimum Gasteiger partial charge on any atom is -0.384 e. The number of aliphatic hydroxyl groups is 1. The molecule has 1 nitrogen and oxygen atoms in total. The van der Waals surface area contributed by atoms with Crippen molar-refractivity contribution in [3.63, 3.8) is 0 Å². The fourth-order valence-corrected chi connectivity index (χ4v) is 3.00. The highest BCUT2D eigenvalue weighted by Gasteiger charge is 2.17. The van der Waals surface area contributed by atoms with Gasteiger partial charge in [-0.15, -0.1) is 0 Å². The molecule has 1 N–H and O–H groups in total. The first kappa shape index (κ1) is 14.8. The van der Waals surface area contributed by atoms with Crippen LogP contribution in [0.4, 0.5) is 4.39 Å². The van der Waals surface area contributed by atoms with E-state index < -0.39 is 6.10 Å². The number of hydrogen-bond acceptors (Lipinski definition) is 1. The lowest BCUT2D eigenvalue weighted by atomic mass is 9.98. The van der Waals surface area contributed by atoms with Gasteiger partial charge in [0, 0.05) is 14.2 Å². The highest BCUT2D eigenvalue weighted by atomic mass is 127. The molecule has 0 amide bonds. The van der Waals surface area contributed by atoms with Gasteiger partial charge in [-0.3, -0.25) is 0 Å². The second kappa shape index (κ2) is 5.77. The number of hydrogen-bond donors (Lipinski definition) is 1. The highest BCUT2D eigenvalue weighted by Crippen LogP contribution is 2.32. The third kappa shape index (κ3) is 3.09. The molecular weight excluding hydrogens is 378 g/mol. The van der Waals surface area contributed by atoms with Crippen LogP contribution in [0.5, 0.6) is 0 Å². The van der Waals surface area contributed by atoms with Gasteiger partial charge in [0.25, 0.3) is 0 Å². The van der Waals surface area contributed by atoms with Crippen molar-refractivity contribution in [1.82, 2.24) is 0 Å². The Morgan fingerprint density at radius 1 is 1.11 bits per heavy atom. The summed E-state index contributed by atoms with van der Waals surface area (Å²) in [5.41, 5.74) is 3.45. The minimum absolute atomic E-state index is 0.313. The summed E-state index contributed by atoms with van der Waals surface area (Å²) >= 11 is 8.21. The van der Waals surface area contributed by atoms with Crippen molar-refractivity contribution in [1.29, 1.82) is 0 Å². The van der Waals surface area contributed by atoms with Crippen molar-refractivity contribution >= 4 is 34.2 Å².